The number of rotatable bonds is 7. The molecule has 33 heavy (non-hydrogen) atoms. The van der Waals surface area contributed by atoms with Crippen LogP contribution in [0, 0.1) is 11.3 Å². The first-order chi connectivity index (χ1) is 15.8. The zero-order valence-corrected chi connectivity index (χ0v) is 20.3. The number of halogens is 3. The Balaban J connectivity index is 0.00000129. The van der Waals surface area contributed by atoms with Gasteiger partial charge in [0.2, 0.25) is 10.0 Å². The number of hydrogen-bond donors (Lipinski definition) is 1. The van der Waals surface area contributed by atoms with Crippen LogP contribution < -0.4 is 4.72 Å². The molecule has 0 saturated heterocycles. The van der Waals surface area contributed by atoms with Crippen molar-refractivity contribution in [2.45, 2.75) is 47.1 Å². The Kier molecular flexibility index (Phi) is 11.0. The van der Waals surface area contributed by atoms with E-state index in [1.165, 1.54) is 12.1 Å². The Morgan fingerprint density at radius 3 is 2.15 bits per heavy atom. The summed E-state index contributed by atoms with van der Waals surface area (Å²) in [5.74, 6) is 0.0316. The van der Waals surface area contributed by atoms with E-state index >= 15 is 0 Å². The van der Waals surface area contributed by atoms with Crippen LogP contribution in [0.1, 0.15) is 51.7 Å². The molecule has 0 aliphatic carbocycles. The van der Waals surface area contributed by atoms with Gasteiger partial charge in [-0.3, -0.25) is 9.11 Å². The van der Waals surface area contributed by atoms with Gasteiger partial charge in [0.15, 0.2) is 0 Å². The molecule has 0 aliphatic heterocycles. The standard InChI is InChI=1S/C21H21F2N3O2S.C2H6.CH3F/c1-3-11-29(27,28)25-16-8-5-14(6-9-16)20-18(13-24)17-10-7-15(21(22)23)12-19(17)26(20)4-2;2*1-2/h5-10,12,21,25H,3-4,11H2,1-2H3;1-2H3;1H3. The summed E-state index contributed by atoms with van der Waals surface area (Å²) in [5.41, 5.74) is 2.64. The lowest BCUT2D eigenvalue weighted by Crippen LogP contribution is -2.15. The highest BCUT2D eigenvalue weighted by atomic mass is 32.2. The second kappa shape index (κ2) is 12.9. The molecule has 3 rings (SSSR count). The van der Waals surface area contributed by atoms with Crippen molar-refractivity contribution in [3.05, 3.63) is 53.6 Å². The van der Waals surface area contributed by atoms with E-state index in [4.69, 9.17) is 0 Å². The summed E-state index contributed by atoms with van der Waals surface area (Å²) < 4.78 is 64.0. The monoisotopic (exact) mass is 481 g/mol. The maximum Gasteiger partial charge on any atom is 0.263 e. The Bertz CT molecular complexity index is 1180. The lowest BCUT2D eigenvalue weighted by Gasteiger charge is -2.11. The largest absolute Gasteiger partial charge is 0.340 e. The summed E-state index contributed by atoms with van der Waals surface area (Å²) in [6.45, 7) is 8.16. The molecule has 3 aromatic rings. The van der Waals surface area contributed by atoms with E-state index in [1.807, 2.05) is 25.3 Å². The second-order valence-corrected chi connectivity index (χ2v) is 8.50. The predicted octanol–water partition coefficient (Wildman–Crippen LogP) is 6.90. The van der Waals surface area contributed by atoms with Crippen molar-refractivity contribution in [1.82, 2.24) is 4.57 Å². The van der Waals surface area contributed by atoms with Crippen LogP contribution in [0.4, 0.5) is 18.9 Å². The van der Waals surface area contributed by atoms with E-state index in [0.717, 1.165) is 0 Å². The SMILES string of the molecule is CC.CCCS(=O)(=O)Nc1ccc(-c2c(C#N)c3ccc(C(F)F)cc3n2CC)cc1.CF. The molecule has 0 atom stereocenters. The van der Waals surface area contributed by atoms with E-state index in [1.54, 1.807) is 37.3 Å². The smallest absolute Gasteiger partial charge is 0.263 e. The van der Waals surface area contributed by atoms with Crippen LogP contribution >= 0.6 is 0 Å². The molecule has 0 unspecified atom stereocenters. The van der Waals surface area contributed by atoms with Gasteiger partial charge in [-0.15, -0.1) is 0 Å². The Morgan fingerprint density at radius 1 is 1.06 bits per heavy atom. The van der Waals surface area contributed by atoms with Crippen LogP contribution in [-0.4, -0.2) is 25.9 Å². The van der Waals surface area contributed by atoms with E-state index in [0.29, 0.717) is 53.6 Å². The molecule has 0 amide bonds. The number of nitrogens with zero attached hydrogens (tertiary/aromatic N) is 2. The molecule has 0 spiro atoms. The van der Waals surface area contributed by atoms with Gasteiger partial charge >= 0.3 is 0 Å². The van der Waals surface area contributed by atoms with E-state index in [9.17, 15) is 26.9 Å². The third-order valence-corrected chi connectivity index (χ3v) is 6.17. The predicted molar refractivity (Wildman–Crippen MR) is 129 cm³/mol. The highest BCUT2D eigenvalue weighted by Gasteiger charge is 2.20. The molecule has 1 N–H and O–H groups in total. The zero-order chi connectivity index (χ0) is 25.2. The molecule has 9 heteroatoms. The van der Waals surface area contributed by atoms with Crippen LogP contribution in [0.3, 0.4) is 0 Å². The summed E-state index contributed by atoms with van der Waals surface area (Å²) in [6.07, 6.45) is -2.08. The first kappa shape index (κ1) is 28.0. The van der Waals surface area contributed by atoms with Crippen LogP contribution in [-0.2, 0) is 16.6 Å². The number of aryl methyl sites for hydroxylation is 1. The first-order valence-corrected chi connectivity index (χ1v) is 12.3. The van der Waals surface area contributed by atoms with Gasteiger partial charge in [0.1, 0.15) is 6.07 Å². The number of anilines is 1. The molecular weight excluding hydrogens is 451 g/mol. The summed E-state index contributed by atoms with van der Waals surface area (Å²) in [7, 11) is -2.90. The van der Waals surface area contributed by atoms with Crippen molar-refractivity contribution >= 4 is 26.6 Å². The van der Waals surface area contributed by atoms with E-state index in [2.05, 4.69) is 10.8 Å². The average molecular weight is 482 g/mol. The maximum absolute atomic E-state index is 13.1. The summed E-state index contributed by atoms with van der Waals surface area (Å²) in [4.78, 5) is 0. The van der Waals surface area contributed by atoms with Crippen LogP contribution in [0.5, 0.6) is 0 Å². The van der Waals surface area contributed by atoms with Crippen molar-refractivity contribution in [3.8, 4) is 17.3 Å². The minimum atomic E-state index is -3.40. The number of hydrogen-bond acceptors (Lipinski definition) is 3. The van der Waals surface area contributed by atoms with Crippen LogP contribution in [0.15, 0.2) is 42.5 Å². The highest BCUT2D eigenvalue weighted by molar-refractivity contribution is 7.92. The molecule has 1 aromatic heterocycles. The third kappa shape index (κ3) is 6.51. The average Bonchev–Trinajstić information content (AvgIpc) is 3.14. The molecular formula is C24H30F3N3O2S. The number of sulfonamides is 1. The van der Waals surface area contributed by atoms with Crippen molar-refractivity contribution in [2.75, 3.05) is 17.7 Å². The normalized spacial score (nSPS) is 10.7. The fourth-order valence-corrected chi connectivity index (χ4v) is 4.57. The Hall–Kier alpha value is -2.99. The zero-order valence-electron chi connectivity index (χ0n) is 19.5. The third-order valence-electron chi connectivity index (χ3n) is 4.67. The molecule has 0 fully saturated rings. The van der Waals surface area contributed by atoms with Gasteiger partial charge in [0, 0.05) is 23.2 Å². The van der Waals surface area contributed by atoms with Gasteiger partial charge in [-0.25, -0.2) is 17.2 Å². The molecule has 5 nitrogen and oxygen atoms in total. The number of nitrogens with one attached hydrogen (secondary N) is 1. The molecule has 1 heterocycles. The maximum atomic E-state index is 13.1. The fraction of sp³-hybridized carbons (Fsp3) is 0.375. The molecule has 0 radical (unpaired) electrons. The topological polar surface area (TPSA) is 74.9 Å². The van der Waals surface area contributed by atoms with Gasteiger partial charge < -0.3 is 4.57 Å². The van der Waals surface area contributed by atoms with Crippen molar-refractivity contribution < 1.29 is 21.6 Å². The minimum absolute atomic E-state index is 0.0316. The van der Waals surface area contributed by atoms with Crippen molar-refractivity contribution in [1.29, 1.82) is 5.26 Å². The summed E-state index contributed by atoms with van der Waals surface area (Å²) >= 11 is 0. The quantitative estimate of drug-likeness (QED) is 0.399. The number of fused-ring (bicyclic) bond motifs is 1. The molecule has 180 valence electrons. The van der Waals surface area contributed by atoms with Crippen LogP contribution in [0.25, 0.3) is 22.2 Å². The van der Waals surface area contributed by atoms with Crippen molar-refractivity contribution in [3.63, 3.8) is 0 Å². The van der Waals surface area contributed by atoms with Gasteiger partial charge in [-0.2, -0.15) is 5.26 Å². The minimum Gasteiger partial charge on any atom is -0.340 e. The number of alkyl halides is 3. The van der Waals surface area contributed by atoms with Gasteiger partial charge in [-0.05, 0) is 37.1 Å². The summed E-state index contributed by atoms with van der Waals surface area (Å²) in [6, 6.07) is 13.2. The van der Waals surface area contributed by atoms with Gasteiger partial charge in [0.25, 0.3) is 6.43 Å². The molecule has 0 saturated carbocycles. The first-order valence-electron chi connectivity index (χ1n) is 10.6. The molecule has 0 bridgehead atoms. The van der Waals surface area contributed by atoms with Crippen LogP contribution in [0.2, 0.25) is 0 Å². The summed E-state index contributed by atoms with van der Waals surface area (Å²) in [5, 5.41) is 10.3. The van der Waals surface area contributed by atoms with Gasteiger partial charge in [0.05, 0.1) is 29.7 Å². The molecule has 2 aromatic carbocycles. The Labute approximate surface area is 193 Å². The Morgan fingerprint density at radius 2 is 1.67 bits per heavy atom. The number of nitriles is 1. The van der Waals surface area contributed by atoms with E-state index < -0.39 is 16.4 Å². The van der Waals surface area contributed by atoms with Crippen molar-refractivity contribution in [2.24, 2.45) is 0 Å². The van der Waals surface area contributed by atoms with E-state index in [-0.39, 0.29) is 11.3 Å². The van der Waals surface area contributed by atoms with Gasteiger partial charge in [-0.1, -0.05) is 45.0 Å². The lowest BCUT2D eigenvalue weighted by molar-refractivity contribution is 0.151. The fourth-order valence-electron chi connectivity index (χ4n) is 3.44. The second-order valence-electron chi connectivity index (χ2n) is 6.66. The number of benzene rings is 2. The highest BCUT2D eigenvalue weighted by Crippen LogP contribution is 2.35. The molecule has 0 aliphatic rings. The number of aromatic nitrogens is 1. The lowest BCUT2D eigenvalue weighted by atomic mass is 10.0.